The van der Waals surface area contributed by atoms with Crippen LogP contribution in [0.2, 0.25) is 0 Å². The van der Waals surface area contributed by atoms with Gasteiger partial charge < -0.3 is 4.52 Å². The third-order valence-corrected chi connectivity index (χ3v) is 8.34. The molecule has 9 heteroatoms. The highest BCUT2D eigenvalue weighted by atomic mass is 32.2. The molecule has 0 saturated heterocycles. The zero-order chi connectivity index (χ0) is 25.4. The molecule has 186 valence electrons. The minimum atomic E-state index is -3.88. The van der Waals surface area contributed by atoms with Crippen LogP contribution in [0.25, 0.3) is 0 Å². The fourth-order valence-corrected chi connectivity index (χ4v) is 5.92. The second kappa shape index (κ2) is 11.5. The molecular weight excluding hydrogens is 493 g/mol. The van der Waals surface area contributed by atoms with Gasteiger partial charge >= 0.3 is 7.67 Å². The standard InChI is InChI=1S/C27H28N3O4PS/c1-22-16-18-25(19-17-22)36(32,33)30-26-14-8-9-15-27(26)34-35(31,28-20-23-10-4-2-5-11-23)29-21-24-12-6-3-7-13-24/h2-19,30H,20-21H2,1H3,(H2,28,29,31). The number of rotatable bonds is 11. The first-order valence-corrected chi connectivity index (χ1v) is 14.5. The second-order valence-electron chi connectivity index (χ2n) is 8.20. The molecule has 0 spiro atoms. The quantitative estimate of drug-likeness (QED) is 0.214. The van der Waals surface area contributed by atoms with E-state index < -0.39 is 17.7 Å². The summed E-state index contributed by atoms with van der Waals surface area (Å²) in [7, 11) is -7.56. The lowest BCUT2D eigenvalue weighted by molar-refractivity contribution is 0.451. The summed E-state index contributed by atoms with van der Waals surface area (Å²) in [4.78, 5) is 0.121. The van der Waals surface area contributed by atoms with E-state index in [1.165, 1.54) is 12.1 Å². The molecule has 0 heterocycles. The first kappa shape index (κ1) is 25.7. The molecule has 0 radical (unpaired) electrons. The summed E-state index contributed by atoms with van der Waals surface area (Å²) in [6, 6.07) is 32.1. The van der Waals surface area contributed by atoms with Gasteiger partial charge in [0.05, 0.1) is 10.6 Å². The summed E-state index contributed by atoms with van der Waals surface area (Å²) in [5.41, 5.74) is 2.99. The minimum absolute atomic E-state index is 0.121. The van der Waals surface area contributed by atoms with E-state index in [9.17, 15) is 13.0 Å². The monoisotopic (exact) mass is 521 g/mol. The van der Waals surface area contributed by atoms with Crippen LogP contribution in [-0.2, 0) is 27.7 Å². The fraction of sp³-hybridized carbons (Fsp3) is 0.111. The van der Waals surface area contributed by atoms with E-state index in [4.69, 9.17) is 4.52 Å². The van der Waals surface area contributed by atoms with Crippen molar-refractivity contribution >= 4 is 23.4 Å². The number of nitrogens with one attached hydrogen (secondary N) is 3. The summed E-state index contributed by atoms with van der Waals surface area (Å²) in [5.74, 6) is 0.137. The molecule has 0 aromatic heterocycles. The van der Waals surface area contributed by atoms with Crippen molar-refractivity contribution in [1.29, 1.82) is 0 Å². The molecule has 0 unspecified atom stereocenters. The Morgan fingerprint density at radius 2 is 1.19 bits per heavy atom. The molecule has 0 atom stereocenters. The molecule has 0 aliphatic carbocycles. The Morgan fingerprint density at radius 3 is 1.75 bits per heavy atom. The van der Waals surface area contributed by atoms with Crippen molar-refractivity contribution < 1.29 is 17.5 Å². The number of benzene rings is 4. The van der Waals surface area contributed by atoms with E-state index in [1.54, 1.807) is 36.4 Å². The first-order chi connectivity index (χ1) is 17.3. The average molecular weight is 522 g/mol. The molecule has 0 aliphatic heterocycles. The van der Waals surface area contributed by atoms with Crippen LogP contribution < -0.4 is 19.4 Å². The van der Waals surface area contributed by atoms with Crippen LogP contribution in [0.1, 0.15) is 16.7 Å². The maximum Gasteiger partial charge on any atom is 0.391 e. The molecule has 4 aromatic carbocycles. The van der Waals surface area contributed by atoms with Gasteiger partial charge in [-0.1, -0.05) is 90.5 Å². The minimum Gasteiger partial charge on any atom is -0.420 e. The van der Waals surface area contributed by atoms with Gasteiger partial charge in [-0.3, -0.25) is 4.72 Å². The van der Waals surface area contributed by atoms with Crippen LogP contribution in [0.4, 0.5) is 5.69 Å². The van der Waals surface area contributed by atoms with Gasteiger partial charge in [-0.05, 0) is 42.3 Å². The molecule has 0 bridgehead atoms. The van der Waals surface area contributed by atoms with Crippen LogP contribution in [0.3, 0.4) is 0 Å². The number of sulfonamides is 1. The topological polar surface area (TPSA) is 96.5 Å². The first-order valence-electron chi connectivity index (χ1n) is 11.4. The van der Waals surface area contributed by atoms with Gasteiger partial charge in [-0.25, -0.2) is 23.2 Å². The number of hydrogen-bond donors (Lipinski definition) is 3. The van der Waals surface area contributed by atoms with Crippen LogP contribution in [-0.4, -0.2) is 8.42 Å². The fourth-order valence-electron chi connectivity index (χ4n) is 3.39. The molecule has 36 heavy (non-hydrogen) atoms. The van der Waals surface area contributed by atoms with Crippen molar-refractivity contribution in [3.63, 3.8) is 0 Å². The van der Waals surface area contributed by atoms with E-state index in [2.05, 4.69) is 14.9 Å². The lowest BCUT2D eigenvalue weighted by Gasteiger charge is -2.23. The zero-order valence-electron chi connectivity index (χ0n) is 19.8. The van der Waals surface area contributed by atoms with E-state index in [-0.39, 0.29) is 29.4 Å². The molecule has 4 rings (SSSR count). The molecule has 0 saturated carbocycles. The summed E-state index contributed by atoms with van der Waals surface area (Å²) in [5, 5.41) is 6.01. The Labute approximate surface area is 212 Å². The molecule has 0 aliphatic rings. The van der Waals surface area contributed by atoms with Crippen molar-refractivity contribution in [2.24, 2.45) is 0 Å². The van der Waals surface area contributed by atoms with Crippen molar-refractivity contribution in [3.8, 4) is 5.75 Å². The van der Waals surface area contributed by atoms with Gasteiger partial charge in [0.25, 0.3) is 10.0 Å². The lowest BCUT2D eigenvalue weighted by Crippen LogP contribution is -2.26. The third-order valence-electron chi connectivity index (χ3n) is 5.36. The van der Waals surface area contributed by atoms with Crippen LogP contribution in [0.15, 0.2) is 114 Å². The highest BCUT2D eigenvalue weighted by Crippen LogP contribution is 2.43. The van der Waals surface area contributed by atoms with Gasteiger partial charge in [-0.2, -0.15) is 0 Å². The Hall–Kier alpha value is -3.42. The van der Waals surface area contributed by atoms with Crippen LogP contribution in [0.5, 0.6) is 5.75 Å². The van der Waals surface area contributed by atoms with Gasteiger partial charge in [-0.15, -0.1) is 0 Å². The number of anilines is 1. The largest absolute Gasteiger partial charge is 0.420 e. The maximum absolute atomic E-state index is 13.9. The van der Waals surface area contributed by atoms with Crippen LogP contribution >= 0.6 is 7.67 Å². The molecular formula is C27H28N3O4PS. The highest BCUT2D eigenvalue weighted by molar-refractivity contribution is 7.92. The molecule has 4 aromatic rings. The Bertz CT molecular complexity index is 1380. The molecule has 3 N–H and O–H groups in total. The summed E-state index contributed by atoms with van der Waals surface area (Å²) in [6.07, 6.45) is 0. The second-order valence-corrected chi connectivity index (χ2v) is 11.8. The zero-order valence-corrected chi connectivity index (χ0v) is 21.5. The van der Waals surface area contributed by atoms with Gasteiger partial charge in [0.1, 0.15) is 0 Å². The number of aryl methyl sites for hydroxylation is 1. The summed E-state index contributed by atoms with van der Waals surface area (Å²) < 4.78 is 48.5. The van der Waals surface area contributed by atoms with Gasteiger partial charge in [0.2, 0.25) is 0 Å². The SMILES string of the molecule is Cc1ccc(S(=O)(=O)Nc2ccccc2OP(=O)(NCc2ccccc2)NCc2ccccc2)cc1. The highest BCUT2D eigenvalue weighted by Gasteiger charge is 2.26. The Balaban J connectivity index is 1.58. The Kier molecular flexibility index (Phi) is 8.23. The van der Waals surface area contributed by atoms with Crippen molar-refractivity contribution in [3.05, 3.63) is 126 Å². The average Bonchev–Trinajstić information content (AvgIpc) is 2.89. The number of hydrogen-bond acceptors (Lipinski definition) is 4. The molecule has 0 amide bonds. The maximum atomic E-state index is 13.9. The smallest absolute Gasteiger partial charge is 0.391 e. The van der Waals surface area contributed by atoms with E-state index in [1.807, 2.05) is 67.6 Å². The van der Waals surface area contributed by atoms with Gasteiger partial charge in [0.15, 0.2) is 5.75 Å². The normalized spacial score (nSPS) is 11.7. The molecule has 0 fully saturated rings. The predicted molar refractivity (Wildman–Crippen MR) is 143 cm³/mol. The van der Waals surface area contributed by atoms with E-state index in [0.717, 1.165) is 16.7 Å². The third kappa shape index (κ3) is 7.06. The summed E-state index contributed by atoms with van der Waals surface area (Å²) >= 11 is 0. The van der Waals surface area contributed by atoms with Crippen molar-refractivity contribution in [2.75, 3.05) is 4.72 Å². The van der Waals surface area contributed by atoms with E-state index >= 15 is 0 Å². The predicted octanol–water partition coefficient (Wildman–Crippen LogP) is 5.86. The molecule has 7 nitrogen and oxygen atoms in total. The van der Waals surface area contributed by atoms with E-state index in [0.29, 0.717) is 0 Å². The van der Waals surface area contributed by atoms with Crippen LogP contribution in [0, 0.1) is 6.92 Å². The van der Waals surface area contributed by atoms with Crippen molar-refractivity contribution in [2.45, 2.75) is 24.9 Å². The lowest BCUT2D eigenvalue weighted by atomic mass is 10.2. The summed E-state index contributed by atoms with van der Waals surface area (Å²) in [6.45, 7) is 2.46. The number of para-hydroxylation sites is 2. The Morgan fingerprint density at radius 1 is 0.694 bits per heavy atom. The van der Waals surface area contributed by atoms with Crippen molar-refractivity contribution in [1.82, 2.24) is 10.2 Å². The van der Waals surface area contributed by atoms with Gasteiger partial charge in [0, 0.05) is 13.1 Å².